The van der Waals surface area contributed by atoms with E-state index in [9.17, 15) is 22.8 Å². The van der Waals surface area contributed by atoms with Crippen LogP contribution in [0.3, 0.4) is 0 Å². The first-order valence-electron chi connectivity index (χ1n) is 8.07. The zero-order valence-electron chi connectivity index (χ0n) is 14.2. The van der Waals surface area contributed by atoms with Crippen LogP contribution in [0.2, 0.25) is 0 Å². The third-order valence-electron chi connectivity index (χ3n) is 4.64. The SMILES string of the molecule is CN1C(=O)C2C(Nc3ccc(OC(F)(F)F)cc3)CCNC2N(C)C1=O. The lowest BCUT2D eigenvalue weighted by Crippen LogP contribution is -2.69. The first kappa shape index (κ1) is 18.3. The standard InChI is InChI=1S/C16H19F3N4O3/c1-22-13-12(14(24)23(2)15(22)25)11(7-8-20-13)21-9-3-5-10(6-4-9)26-16(17,18)19/h3-6,11-13,20-21H,7-8H2,1-2H3. The third-order valence-corrected chi connectivity index (χ3v) is 4.64. The van der Waals surface area contributed by atoms with Crippen molar-refractivity contribution in [3.8, 4) is 5.75 Å². The van der Waals surface area contributed by atoms with E-state index in [1.54, 1.807) is 7.05 Å². The average Bonchev–Trinajstić information content (AvgIpc) is 2.58. The number of nitrogens with one attached hydrogen (secondary N) is 2. The molecule has 3 rings (SSSR count). The largest absolute Gasteiger partial charge is 0.573 e. The predicted octanol–water partition coefficient (Wildman–Crippen LogP) is 1.83. The summed E-state index contributed by atoms with van der Waals surface area (Å²) in [6.07, 6.45) is -4.54. The van der Waals surface area contributed by atoms with Gasteiger partial charge in [-0.15, -0.1) is 13.2 Å². The zero-order valence-corrected chi connectivity index (χ0v) is 14.2. The third kappa shape index (κ3) is 3.55. The van der Waals surface area contributed by atoms with E-state index in [1.807, 2.05) is 0 Å². The molecular weight excluding hydrogens is 353 g/mol. The normalized spacial score (nSPS) is 26.6. The van der Waals surface area contributed by atoms with Gasteiger partial charge in [-0.2, -0.15) is 0 Å². The van der Waals surface area contributed by atoms with E-state index in [2.05, 4.69) is 15.4 Å². The van der Waals surface area contributed by atoms with E-state index in [4.69, 9.17) is 0 Å². The van der Waals surface area contributed by atoms with Crippen molar-refractivity contribution < 1.29 is 27.5 Å². The summed E-state index contributed by atoms with van der Waals surface area (Å²) in [7, 11) is 3.06. The highest BCUT2D eigenvalue weighted by Gasteiger charge is 2.48. The molecule has 0 spiro atoms. The molecule has 3 unspecified atom stereocenters. The number of alkyl halides is 3. The Morgan fingerprint density at radius 2 is 1.85 bits per heavy atom. The van der Waals surface area contributed by atoms with Crippen molar-refractivity contribution in [3.05, 3.63) is 24.3 Å². The topological polar surface area (TPSA) is 73.9 Å². The number of ether oxygens (including phenoxy) is 1. The van der Waals surface area contributed by atoms with Gasteiger partial charge in [0.05, 0.1) is 12.1 Å². The van der Waals surface area contributed by atoms with E-state index in [0.29, 0.717) is 18.7 Å². The Morgan fingerprint density at radius 3 is 2.46 bits per heavy atom. The lowest BCUT2D eigenvalue weighted by atomic mass is 9.86. The number of nitrogens with zero attached hydrogens (tertiary/aromatic N) is 2. The summed E-state index contributed by atoms with van der Waals surface area (Å²) in [5.41, 5.74) is 0.570. The number of imide groups is 1. The smallest absolute Gasteiger partial charge is 0.406 e. The fraction of sp³-hybridized carbons (Fsp3) is 0.500. The molecule has 1 aromatic rings. The van der Waals surface area contributed by atoms with Crippen molar-refractivity contribution in [1.82, 2.24) is 15.1 Å². The monoisotopic (exact) mass is 372 g/mol. The Morgan fingerprint density at radius 1 is 1.19 bits per heavy atom. The highest BCUT2D eigenvalue weighted by molar-refractivity contribution is 5.98. The predicted molar refractivity (Wildman–Crippen MR) is 86.4 cm³/mol. The van der Waals surface area contributed by atoms with Gasteiger partial charge in [0.15, 0.2) is 0 Å². The van der Waals surface area contributed by atoms with Crippen LogP contribution >= 0.6 is 0 Å². The summed E-state index contributed by atoms with van der Waals surface area (Å²) in [6.45, 7) is 0.600. The fourth-order valence-electron chi connectivity index (χ4n) is 3.40. The number of carbonyl (C=O) groups is 2. The summed E-state index contributed by atoms with van der Waals surface area (Å²) < 4.78 is 40.5. The molecule has 10 heteroatoms. The van der Waals surface area contributed by atoms with Crippen LogP contribution in [0.15, 0.2) is 24.3 Å². The fourth-order valence-corrected chi connectivity index (χ4v) is 3.40. The Balaban J connectivity index is 1.75. The molecule has 7 nitrogen and oxygen atoms in total. The number of carbonyl (C=O) groups excluding carboxylic acids is 2. The van der Waals surface area contributed by atoms with E-state index >= 15 is 0 Å². The maximum absolute atomic E-state index is 12.6. The molecule has 0 aliphatic carbocycles. The minimum atomic E-state index is -4.74. The van der Waals surface area contributed by atoms with Gasteiger partial charge in [0.2, 0.25) is 5.91 Å². The lowest BCUT2D eigenvalue weighted by Gasteiger charge is -2.48. The van der Waals surface area contributed by atoms with Crippen molar-refractivity contribution in [3.63, 3.8) is 0 Å². The minimum absolute atomic E-state index is 0.263. The molecule has 2 aliphatic heterocycles. The number of anilines is 1. The van der Waals surface area contributed by atoms with Crippen LogP contribution in [0.25, 0.3) is 0 Å². The van der Waals surface area contributed by atoms with Crippen LogP contribution in [-0.4, -0.2) is 60.9 Å². The molecule has 26 heavy (non-hydrogen) atoms. The quantitative estimate of drug-likeness (QED) is 0.847. The Kier molecular flexibility index (Phi) is 4.70. The lowest BCUT2D eigenvalue weighted by molar-refractivity contribution is -0.274. The van der Waals surface area contributed by atoms with Crippen molar-refractivity contribution in [2.45, 2.75) is 25.0 Å². The zero-order chi connectivity index (χ0) is 19.1. The number of rotatable bonds is 3. The van der Waals surface area contributed by atoms with Gasteiger partial charge >= 0.3 is 12.4 Å². The molecule has 0 bridgehead atoms. The summed E-state index contributed by atoms with van der Waals surface area (Å²) in [6, 6.07) is 4.70. The maximum Gasteiger partial charge on any atom is 0.573 e. The summed E-state index contributed by atoms with van der Waals surface area (Å²) in [5.74, 6) is -1.10. The van der Waals surface area contributed by atoms with Crippen LogP contribution in [0.4, 0.5) is 23.7 Å². The highest BCUT2D eigenvalue weighted by atomic mass is 19.4. The number of urea groups is 1. The molecule has 2 N–H and O–H groups in total. The van der Waals surface area contributed by atoms with Gasteiger partial charge in [-0.3, -0.25) is 15.0 Å². The highest BCUT2D eigenvalue weighted by Crippen LogP contribution is 2.30. The van der Waals surface area contributed by atoms with Gasteiger partial charge in [-0.05, 0) is 37.2 Å². The van der Waals surface area contributed by atoms with Gasteiger partial charge < -0.3 is 15.0 Å². The Bertz CT molecular complexity index is 695. The number of benzene rings is 1. The molecule has 0 saturated carbocycles. The van der Waals surface area contributed by atoms with E-state index in [1.165, 1.54) is 36.2 Å². The number of fused-ring (bicyclic) bond motifs is 1. The number of piperidine rings is 1. The molecular formula is C16H19F3N4O3. The number of halogens is 3. The van der Waals surface area contributed by atoms with Crippen molar-refractivity contribution in [1.29, 1.82) is 0 Å². The van der Waals surface area contributed by atoms with Crippen molar-refractivity contribution in [2.75, 3.05) is 26.0 Å². The molecule has 2 aliphatic rings. The Hall–Kier alpha value is -2.49. The molecule has 2 saturated heterocycles. The van der Waals surface area contributed by atoms with Gasteiger partial charge in [-0.1, -0.05) is 0 Å². The van der Waals surface area contributed by atoms with Crippen LogP contribution < -0.4 is 15.4 Å². The number of hydrogen-bond acceptors (Lipinski definition) is 5. The van der Waals surface area contributed by atoms with E-state index in [0.717, 1.165) is 4.90 Å². The van der Waals surface area contributed by atoms with Crippen molar-refractivity contribution >= 4 is 17.6 Å². The molecule has 142 valence electrons. The summed E-state index contributed by atoms with van der Waals surface area (Å²) in [4.78, 5) is 27.2. The van der Waals surface area contributed by atoms with Crippen molar-refractivity contribution in [2.24, 2.45) is 5.92 Å². The molecule has 2 heterocycles. The van der Waals surface area contributed by atoms with Gasteiger partial charge in [0, 0.05) is 25.8 Å². The van der Waals surface area contributed by atoms with Crippen LogP contribution in [0.5, 0.6) is 5.75 Å². The molecule has 1 aromatic carbocycles. The number of hydrogen-bond donors (Lipinski definition) is 2. The maximum atomic E-state index is 12.6. The summed E-state index contributed by atoms with van der Waals surface area (Å²) >= 11 is 0. The molecule has 0 radical (unpaired) electrons. The molecule has 3 atom stereocenters. The van der Waals surface area contributed by atoms with Gasteiger partial charge in [0.1, 0.15) is 5.75 Å². The van der Waals surface area contributed by atoms with E-state index < -0.39 is 18.4 Å². The second-order valence-corrected chi connectivity index (χ2v) is 6.33. The second-order valence-electron chi connectivity index (χ2n) is 6.33. The summed E-state index contributed by atoms with van der Waals surface area (Å²) in [5, 5.41) is 6.37. The Labute approximate surface area is 148 Å². The molecule has 3 amide bonds. The molecule has 0 aromatic heterocycles. The van der Waals surface area contributed by atoms with Crippen LogP contribution in [-0.2, 0) is 4.79 Å². The first-order chi connectivity index (χ1) is 12.2. The van der Waals surface area contributed by atoms with E-state index in [-0.39, 0.29) is 23.7 Å². The average molecular weight is 372 g/mol. The van der Waals surface area contributed by atoms with Crippen LogP contribution in [0, 0.1) is 5.92 Å². The van der Waals surface area contributed by atoms with Crippen LogP contribution in [0.1, 0.15) is 6.42 Å². The van der Waals surface area contributed by atoms with Gasteiger partial charge in [-0.25, -0.2) is 4.79 Å². The van der Waals surface area contributed by atoms with Gasteiger partial charge in [0.25, 0.3) is 0 Å². The second kappa shape index (κ2) is 6.67. The first-order valence-corrected chi connectivity index (χ1v) is 8.07. The number of amides is 3. The minimum Gasteiger partial charge on any atom is -0.406 e. The molecule has 2 fully saturated rings.